The van der Waals surface area contributed by atoms with Crippen LogP contribution >= 0.6 is 15.9 Å². The number of likely N-dealkylation sites (N-methyl/N-ethyl adjacent to an activating group) is 1. The molecule has 2 fully saturated rings. The average molecular weight is 355 g/mol. The Bertz CT molecular complexity index is 508. The first kappa shape index (κ1) is 15.4. The Morgan fingerprint density at radius 2 is 2.19 bits per heavy atom. The second-order valence-electron chi connectivity index (χ2n) is 6.79. The molecular weight excluding hydrogens is 331 g/mol. The first-order valence-electron chi connectivity index (χ1n) is 7.93. The molecule has 2 aliphatic rings. The summed E-state index contributed by atoms with van der Waals surface area (Å²) in [6, 6.07) is 5.08. The van der Waals surface area contributed by atoms with Crippen molar-refractivity contribution in [3.63, 3.8) is 0 Å². The molecule has 2 saturated carbocycles. The van der Waals surface area contributed by atoms with Crippen LogP contribution in [-0.2, 0) is 0 Å². The van der Waals surface area contributed by atoms with E-state index in [0.717, 1.165) is 28.8 Å². The smallest absolute Gasteiger partial charge is 0.128 e. The van der Waals surface area contributed by atoms with Crippen LogP contribution in [0.15, 0.2) is 22.7 Å². The second-order valence-corrected chi connectivity index (χ2v) is 7.71. The van der Waals surface area contributed by atoms with E-state index in [2.05, 4.69) is 27.9 Å². The van der Waals surface area contributed by atoms with Crippen molar-refractivity contribution in [3.8, 4) is 0 Å². The lowest BCUT2D eigenvalue weighted by Gasteiger charge is -2.33. The van der Waals surface area contributed by atoms with E-state index in [1.165, 1.54) is 31.7 Å². The van der Waals surface area contributed by atoms with Gasteiger partial charge < -0.3 is 5.73 Å². The Morgan fingerprint density at radius 3 is 2.81 bits per heavy atom. The van der Waals surface area contributed by atoms with Crippen LogP contribution in [-0.4, -0.2) is 25.0 Å². The van der Waals surface area contributed by atoms with Gasteiger partial charge in [-0.1, -0.05) is 22.4 Å². The molecule has 1 aromatic rings. The zero-order valence-electron chi connectivity index (χ0n) is 12.6. The number of benzene rings is 1. The van der Waals surface area contributed by atoms with Crippen LogP contribution in [0.3, 0.4) is 0 Å². The molecule has 0 saturated heterocycles. The third-order valence-electron chi connectivity index (χ3n) is 5.48. The van der Waals surface area contributed by atoms with Gasteiger partial charge >= 0.3 is 0 Å². The summed E-state index contributed by atoms with van der Waals surface area (Å²) < 4.78 is 15.0. The Labute approximate surface area is 135 Å². The molecule has 2 aliphatic carbocycles. The van der Waals surface area contributed by atoms with Crippen LogP contribution < -0.4 is 5.73 Å². The van der Waals surface area contributed by atoms with Crippen molar-refractivity contribution in [2.24, 2.45) is 23.5 Å². The van der Waals surface area contributed by atoms with Crippen LogP contribution in [0.5, 0.6) is 0 Å². The van der Waals surface area contributed by atoms with Gasteiger partial charge in [-0.2, -0.15) is 0 Å². The van der Waals surface area contributed by atoms with Crippen LogP contribution in [0.2, 0.25) is 0 Å². The van der Waals surface area contributed by atoms with Gasteiger partial charge in [0, 0.05) is 29.2 Å². The van der Waals surface area contributed by atoms with Crippen molar-refractivity contribution >= 4 is 15.9 Å². The number of nitrogens with zero attached hydrogens (tertiary/aromatic N) is 1. The van der Waals surface area contributed by atoms with E-state index in [1.54, 1.807) is 6.07 Å². The molecule has 2 bridgehead atoms. The Kier molecular flexibility index (Phi) is 4.67. The minimum Gasteiger partial charge on any atom is -0.329 e. The fraction of sp³-hybridized carbons (Fsp3) is 0.647. The lowest BCUT2D eigenvalue weighted by molar-refractivity contribution is 0.173. The van der Waals surface area contributed by atoms with Gasteiger partial charge in [-0.05, 0) is 62.3 Å². The zero-order valence-corrected chi connectivity index (χ0v) is 14.2. The molecule has 0 radical (unpaired) electrons. The normalized spacial score (nSPS) is 29.3. The summed E-state index contributed by atoms with van der Waals surface area (Å²) in [7, 11) is 2.09. The summed E-state index contributed by atoms with van der Waals surface area (Å²) in [5, 5.41) is 0. The van der Waals surface area contributed by atoms with Crippen molar-refractivity contribution in [2.75, 3.05) is 20.1 Å². The maximum absolute atomic E-state index is 14.1. The highest BCUT2D eigenvalue weighted by atomic mass is 79.9. The molecule has 0 aliphatic heterocycles. The average Bonchev–Trinajstić information content (AvgIpc) is 3.06. The summed E-state index contributed by atoms with van der Waals surface area (Å²) in [4.78, 5) is 2.26. The Balaban J connectivity index is 1.71. The molecule has 0 amide bonds. The molecule has 3 rings (SSSR count). The molecule has 4 heteroatoms. The molecule has 4 unspecified atom stereocenters. The number of hydrogen-bond donors (Lipinski definition) is 1. The zero-order chi connectivity index (χ0) is 15.0. The quantitative estimate of drug-likeness (QED) is 0.866. The number of fused-ring (bicyclic) bond motifs is 2. The van der Waals surface area contributed by atoms with Crippen molar-refractivity contribution in [2.45, 2.75) is 31.7 Å². The van der Waals surface area contributed by atoms with Gasteiger partial charge in [0.2, 0.25) is 0 Å². The van der Waals surface area contributed by atoms with E-state index in [4.69, 9.17) is 5.73 Å². The molecule has 0 heterocycles. The van der Waals surface area contributed by atoms with Gasteiger partial charge in [-0.3, -0.25) is 4.90 Å². The first-order valence-corrected chi connectivity index (χ1v) is 8.73. The monoisotopic (exact) mass is 354 g/mol. The minimum atomic E-state index is -0.159. The molecule has 2 N–H and O–H groups in total. The SMILES string of the molecule is CN(CC1CC2CCC1C2)C(CN)c1cc(Br)ccc1F. The van der Waals surface area contributed by atoms with E-state index in [-0.39, 0.29) is 11.9 Å². The highest BCUT2D eigenvalue weighted by Crippen LogP contribution is 2.48. The Morgan fingerprint density at radius 1 is 1.38 bits per heavy atom. The number of rotatable bonds is 5. The molecule has 21 heavy (non-hydrogen) atoms. The third-order valence-corrected chi connectivity index (χ3v) is 5.97. The molecule has 0 aromatic heterocycles. The number of halogens is 2. The van der Waals surface area contributed by atoms with Gasteiger partial charge in [-0.25, -0.2) is 4.39 Å². The van der Waals surface area contributed by atoms with Crippen molar-refractivity contribution in [1.29, 1.82) is 0 Å². The fourth-order valence-corrected chi connectivity index (χ4v) is 4.79. The largest absolute Gasteiger partial charge is 0.329 e. The van der Waals surface area contributed by atoms with Gasteiger partial charge in [-0.15, -0.1) is 0 Å². The molecule has 2 nitrogen and oxygen atoms in total. The van der Waals surface area contributed by atoms with E-state index in [1.807, 2.05) is 6.07 Å². The van der Waals surface area contributed by atoms with E-state index < -0.39 is 0 Å². The lowest BCUT2D eigenvalue weighted by atomic mass is 9.88. The van der Waals surface area contributed by atoms with Crippen molar-refractivity contribution in [3.05, 3.63) is 34.1 Å². The molecule has 116 valence electrons. The lowest BCUT2D eigenvalue weighted by Crippen LogP contribution is -2.36. The minimum absolute atomic E-state index is 0.0402. The summed E-state index contributed by atoms with van der Waals surface area (Å²) in [6.07, 6.45) is 5.58. The van der Waals surface area contributed by atoms with E-state index in [0.29, 0.717) is 12.1 Å². The summed E-state index contributed by atoms with van der Waals surface area (Å²) in [5.41, 5.74) is 6.66. The van der Waals surface area contributed by atoms with E-state index >= 15 is 0 Å². The molecule has 4 atom stereocenters. The molecule has 1 aromatic carbocycles. The van der Waals surface area contributed by atoms with Gasteiger partial charge in [0.1, 0.15) is 5.82 Å². The standard InChI is InChI=1S/C17H24BrFN2/c1-21(10-13-7-11-2-3-12(13)6-11)17(9-20)15-8-14(18)4-5-16(15)19/h4-5,8,11-13,17H,2-3,6-7,9-10,20H2,1H3. The fourth-order valence-electron chi connectivity index (χ4n) is 4.41. The molecular formula is C17H24BrFN2. The van der Waals surface area contributed by atoms with Crippen LogP contribution in [0.1, 0.15) is 37.3 Å². The summed E-state index contributed by atoms with van der Waals surface area (Å²) in [5.74, 6) is 2.46. The third kappa shape index (κ3) is 3.17. The van der Waals surface area contributed by atoms with Crippen LogP contribution in [0.4, 0.5) is 4.39 Å². The predicted octanol–water partition coefficient (Wildman–Crippen LogP) is 3.96. The highest BCUT2D eigenvalue weighted by Gasteiger charge is 2.40. The van der Waals surface area contributed by atoms with Crippen molar-refractivity contribution < 1.29 is 4.39 Å². The van der Waals surface area contributed by atoms with Gasteiger partial charge in [0.05, 0.1) is 0 Å². The highest BCUT2D eigenvalue weighted by molar-refractivity contribution is 9.10. The summed E-state index contributed by atoms with van der Waals surface area (Å²) >= 11 is 3.43. The van der Waals surface area contributed by atoms with Gasteiger partial charge in [0.25, 0.3) is 0 Å². The number of nitrogens with two attached hydrogens (primary N) is 1. The maximum Gasteiger partial charge on any atom is 0.128 e. The topological polar surface area (TPSA) is 29.3 Å². The second kappa shape index (κ2) is 6.35. The van der Waals surface area contributed by atoms with Crippen LogP contribution in [0.25, 0.3) is 0 Å². The Hall–Kier alpha value is -0.450. The summed E-state index contributed by atoms with van der Waals surface area (Å²) in [6.45, 7) is 1.49. The predicted molar refractivity (Wildman–Crippen MR) is 87.5 cm³/mol. The first-order chi connectivity index (χ1) is 10.1. The van der Waals surface area contributed by atoms with Crippen LogP contribution in [0, 0.1) is 23.6 Å². The van der Waals surface area contributed by atoms with Gasteiger partial charge in [0.15, 0.2) is 0 Å². The molecule has 0 spiro atoms. The number of hydrogen-bond acceptors (Lipinski definition) is 2. The maximum atomic E-state index is 14.1. The van der Waals surface area contributed by atoms with E-state index in [9.17, 15) is 4.39 Å². The van der Waals surface area contributed by atoms with Crippen molar-refractivity contribution in [1.82, 2.24) is 4.90 Å².